The molecule has 336 valence electrons. The molecule has 0 saturated heterocycles. The molecular weight excluding hydrogens is 873 g/mol. The molecule has 0 radical (unpaired) electrons. The van der Waals surface area contributed by atoms with Crippen molar-refractivity contribution in [1.29, 1.82) is 0 Å². The zero-order valence-electron chi connectivity index (χ0n) is 39.2. The Morgan fingerprint density at radius 2 is 0.792 bits per heavy atom. The van der Waals surface area contributed by atoms with Crippen LogP contribution in [-0.2, 0) is 0 Å². The lowest BCUT2D eigenvalue weighted by molar-refractivity contribution is 1.17. The topological polar surface area (TPSA) is 34.0 Å². The molecule has 3 aromatic heterocycles. The van der Waals surface area contributed by atoms with Crippen LogP contribution in [0.1, 0.15) is 0 Å². The second-order valence-corrected chi connectivity index (χ2v) is 18.5. The molecule has 3 heterocycles. The number of aromatic nitrogens is 3. The Morgan fingerprint density at radius 1 is 0.319 bits per heavy atom. The first-order valence-electron chi connectivity index (χ1n) is 24.5. The minimum Gasteiger partial charge on any atom is -0.310 e. The fourth-order valence-electron chi connectivity index (χ4n) is 11.3. The molecule has 0 amide bonds. The van der Waals surface area contributed by atoms with Crippen LogP contribution in [0.5, 0.6) is 0 Å². The Kier molecular flexibility index (Phi) is 9.82. The molecule has 72 heavy (non-hydrogen) atoms. The van der Waals surface area contributed by atoms with Crippen molar-refractivity contribution in [3.05, 3.63) is 267 Å². The predicted molar refractivity (Wildman–Crippen MR) is 303 cm³/mol. The van der Waals surface area contributed by atoms with Crippen molar-refractivity contribution in [2.24, 2.45) is 0 Å². The molecule has 14 aromatic rings. The van der Waals surface area contributed by atoms with Gasteiger partial charge < -0.3 is 9.47 Å². The first-order valence-corrected chi connectivity index (χ1v) is 24.5. The van der Waals surface area contributed by atoms with E-state index in [0.717, 1.165) is 71.9 Å². The number of benzene rings is 11. The zero-order valence-corrected chi connectivity index (χ0v) is 39.2. The van der Waals surface area contributed by atoms with E-state index >= 15 is 0 Å². The first kappa shape index (κ1) is 41.3. The molecule has 4 heteroatoms. The number of hydrogen-bond acceptors (Lipinski definition) is 3. The molecular formula is C68H44N4. The lowest BCUT2D eigenvalue weighted by Gasteiger charge is -2.30. The van der Waals surface area contributed by atoms with Gasteiger partial charge in [-0.2, -0.15) is 0 Å². The number of fused-ring (bicyclic) bond motifs is 7. The van der Waals surface area contributed by atoms with E-state index in [1.165, 1.54) is 60.2 Å². The van der Waals surface area contributed by atoms with Crippen molar-refractivity contribution in [1.82, 2.24) is 14.5 Å². The SMILES string of the molecule is c1ccc(N(c2ccc(-n3c4ccccc4c4ccccc43)cc2)c2cccc3c(-c4ccccc4-c4ccc5ccncc5c4)c4ccccc4c(-c4ccccc4-c4ccc5ccncc5c4)c23)cc1. The van der Waals surface area contributed by atoms with Gasteiger partial charge in [-0.25, -0.2) is 0 Å². The van der Waals surface area contributed by atoms with Crippen LogP contribution in [0, 0.1) is 0 Å². The first-order chi connectivity index (χ1) is 35.7. The maximum atomic E-state index is 4.52. The largest absolute Gasteiger partial charge is 0.310 e. The molecule has 0 bridgehead atoms. The third kappa shape index (κ3) is 6.76. The van der Waals surface area contributed by atoms with Crippen LogP contribution in [0.25, 0.3) is 115 Å². The third-order valence-electron chi connectivity index (χ3n) is 14.5. The number of pyridine rings is 2. The fourth-order valence-corrected chi connectivity index (χ4v) is 11.3. The Bertz CT molecular complexity index is 4350. The standard InChI is InChI=1S/C68H44N4/c1-2-15-51(16-3-1)71(52-33-35-53(36-34-52)72-63-26-12-10-19-56(63)57-20-11-13-27-64(57)72)65-28-14-25-62-66(58-21-6-4-17-54(58)47-31-29-45-37-39-69-43-49(45)41-47)60-23-8-9-24-61(60)67(68(62)65)59-22-7-5-18-55(59)48-32-30-46-38-40-70-44-50(46)42-48/h1-44H. The van der Waals surface area contributed by atoms with E-state index < -0.39 is 0 Å². The maximum absolute atomic E-state index is 4.52. The van der Waals surface area contributed by atoms with Crippen LogP contribution in [0.4, 0.5) is 17.1 Å². The van der Waals surface area contributed by atoms with Gasteiger partial charge in [0.15, 0.2) is 0 Å². The lowest BCUT2D eigenvalue weighted by atomic mass is 9.81. The summed E-state index contributed by atoms with van der Waals surface area (Å²) in [6, 6.07) is 88.8. The normalized spacial score (nSPS) is 11.6. The molecule has 0 aliphatic heterocycles. The van der Waals surface area contributed by atoms with Crippen molar-refractivity contribution < 1.29 is 0 Å². The Hall–Kier alpha value is -9.64. The van der Waals surface area contributed by atoms with Crippen molar-refractivity contribution in [2.75, 3.05) is 4.90 Å². The van der Waals surface area contributed by atoms with Crippen LogP contribution < -0.4 is 4.90 Å². The van der Waals surface area contributed by atoms with Gasteiger partial charge in [-0.05, 0) is 145 Å². The molecule has 0 fully saturated rings. The summed E-state index contributed by atoms with van der Waals surface area (Å²) in [5, 5.41) is 11.7. The Morgan fingerprint density at radius 3 is 1.39 bits per heavy atom. The summed E-state index contributed by atoms with van der Waals surface area (Å²) in [5.41, 5.74) is 16.0. The third-order valence-corrected chi connectivity index (χ3v) is 14.5. The van der Waals surface area contributed by atoms with Crippen molar-refractivity contribution in [2.45, 2.75) is 0 Å². The van der Waals surface area contributed by atoms with Gasteiger partial charge in [0.25, 0.3) is 0 Å². The summed E-state index contributed by atoms with van der Waals surface area (Å²) in [7, 11) is 0. The molecule has 0 saturated carbocycles. The number of anilines is 3. The van der Waals surface area contributed by atoms with Crippen LogP contribution >= 0.6 is 0 Å². The summed E-state index contributed by atoms with van der Waals surface area (Å²) in [5.74, 6) is 0. The predicted octanol–water partition coefficient (Wildman–Crippen LogP) is 18.3. The molecule has 0 atom stereocenters. The van der Waals surface area contributed by atoms with Gasteiger partial charge in [-0.3, -0.25) is 9.97 Å². The highest BCUT2D eigenvalue weighted by atomic mass is 15.1. The summed E-state index contributed by atoms with van der Waals surface area (Å²) in [6.45, 7) is 0. The summed E-state index contributed by atoms with van der Waals surface area (Å²) in [4.78, 5) is 11.5. The zero-order chi connectivity index (χ0) is 47.5. The maximum Gasteiger partial charge on any atom is 0.0546 e. The van der Waals surface area contributed by atoms with Gasteiger partial charge in [-0.15, -0.1) is 0 Å². The number of rotatable bonds is 8. The van der Waals surface area contributed by atoms with E-state index in [2.05, 4.69) is 262 Å². The van der Waals surface area contributed by atoms with Crippen LogP contribution in [0.3, 0.4) is 0 Å². The molecule has 4 nitrogen and oxygen atoms in total. The lowest BCUT2D eigenvalue weighted by Crippen LogP contribution is -2.11. The van der Waals surface area contributed by atoms with Crippen LogP contribution in [0.15, 0.2) is 267 Å². The number of hydrogen-bond donors (Lipinski definition) is 0. The number of nitrogens with zero attached hydrogens (tertiary/aromatic N) is 4. The highest BCUT2D eigenvalue weighted by Crippen LogP contribution is 2.52. The summed E-state index contributed by atoms with van der Waals surface area (Å²) in [6.07, 6.45) is 7.65. The van der Waals surface area contributed by atoms with Crippen LogP contribution in [-0.4, -0.2) is 14.5 Å². The fraction of sp³-hybridized carbons (Fsp3) is 0. The minimum absolute atomic E-state index is 1.05. The van der Waals surface area contributed by atoms with Crippen molar-refractivity contribution >= 4 is 82.0 Å². The molecule has 11 aromatic carbocycles. The van der Waals surface area contributed by atoms with Crippen molar-refractivity contribution in [3.8, 4) is 50.2 Å². The Labute approximate surface area is 417 Å². The van der Waals surface area contributed by atoms with E-state index in [1.54, 1.807) is 0 Å². The average Bonchev–Trinajstić information content (AvgIpc) is 3.79. The minimum atomic E-state index is 1.05. The van der Waals surface area contributed by atoms with E-state index in [-0.39, 0.29) is 0 Å². The molecule has 0 aliphatic rings. The van der Waals surface area contributed by atoms with E-state index in [9.17, 15) is 0 Å². The second-order valence-electron chi connectivity index (χ2n) is 18.5. The molecule has 0 unspecified atom stereocenters. The number of para-hydroxylation sites is 3. The molecule has 14 rings (SSSR count). The molecule has 0 N–H and O–H groups in total. The van der Waals surface area contributed by atoms with Gasteiger partial charge >= 0.3 is 0 Å². The van der Waals surface area contributed by atoms with Gasteiger partial charge in [0.2, 0.25) is 0 Å². The van der Waals surface area contributed by atoms with Crippen LogP contribution in [0.2, 0.25) is 0 Å². The molecule has 0 aliphatic carbocycles. The Balaban J connectivity index is 1.07. The highest BCUT2D eigenvalue weighted by molar-refractivity contribution is 6.27. The van der Waals surface area contributed by atoms with E-state index in [4.69, 9.17) is 0 Å². The molecule has 0 spiro atoms. The quantitative estimate of drug-likeness (QED) is 0.142. The summed E-state index contributed by atoms with van der Waals surface area (Å²) < 4.78 is 2.39. The van der Waals surface area contributed by atoms with Gasteiger partial charge in [-0.1, -0.05) is 164 Å². The smallest absolute Gasteiger partial charge is 0.0546 e. The van der Waals surface area contributed by atoms with Gasteiger partial charge in [0.1, 0.15) is 0 Å². The van der Waals surface area contributed by atoms with Gasteiger partial charge in [0.05, 0.1) is 16.7 Å². The monoisotopic (exact) mass is 916 g/mol. The van der Waals surface area contributed by atoms with E-state index in [1.807, 2.05) is 24.8 Å². The highest BCUT2D eigenvalue weighted by Gasteiger charge is 2.26. The second kappa shape index (κ2) is 17.1. The van der Waals surface area contributed by atoms with Crippen molar-refractivity contribution in [3.63, 3.8) is 0 Å². The van der Waals surface area contributed by atoms with Gasteiger partial charge in [0, 0.05) is 74.3 Å². The van der Waals surface area contributed by atoms with E-state index in [0.29, 0.717) is 0 Å². The average molecular weight is 917 g/mol. The summed E-state index contributed by atoms with van der Waals surface area (Å²) >= 11 is 0.